The minimum absolute atomic E-state index is 0.787. The molecule has 1 saturated carbocycles. The molecule has 0 saturated heterocycles. The molecular weight excluding hydrogens is 232 g/mol. The number of hydrogen-bond acceptors (Lipinski definition) is 2. The third-order valence-corrected chi connectivity index (χ3v) is 4.87. The van der Waals surface area contributed by atoms with Crippen molar-refractivity contribution in [1.29, 1.82) is 0 Å². The van der Waals surface area contributed by atoms with Gasteiger partial charge in [-0.05, 0) is 42.5 Å². The summed E-state index contributed by atoms with van der Waals surface area (Å²) in [6, 6.07) is 7.81. The molecule has 0 amide bonds. The molecule has 0 aromatic heterocycles. The second kappa shape index (κ2) is 5.64. The van der Waals surface area contributed by atoms with Gasteiger partial charge in [-0.1, -0.05) is 38.0 Å². The Kier molecular flexibility index (Phi) is 3.90. The second-order valence-corrected chi connectivity index (χ2v) is 6.55. The Morgan fingerprint density at radius 3 is 2.89 bits per heavy atom. The van der Waals surface area contributed by atoms with E-state index in [-0.39, 0.29) is 0 Å². The van der Waals surface area contributed by atoms with Crippen LogP contribution in [-0.4, -0.2) is 18.0 Å². The zero-order valence-corrected chi connectivity index (χ0v) is 12.3. The Labute approximate surface area is 117 Å². The maximum Gasteiger partial charge on any atom is 0.0233 e. The van der Waals surface area contributed by atoms with Crippen molar-refractivity contribution in [1.82, 2.24) is 10.2 Å². The lowest BCUT2D eigenvalue weighted by atomic mass is 9.86. The topological polar surface area (TPSA) is 15.3 Å². The van der Waals surface area contributed by atoms with E-state index in [1.54, 1.807) is 0 Å². The summed E-state index contributed by atoms with van der Waals surface area (Å²) in [5.41, 5.74) is 4.46. The molecule has 1 N–H and O–H groups in total. The van der Waals surface area contributed by atoms with Crippen molar-refractivity contribution >= 4 is 0 Å². The summed E-state index contributed by atoms with van der Waals surface area (Å²) >= 11 is 0. The first-order valence-corrected chi connectivity index (χ1v) is 7.74. The number of fused-ring (bicyclic) bond motifs is 1. The van der Waals surface area contributed by atoms with Crippen LogP contribution in [0, 0.1) is 5.92 Å². The minimum Gasteiger partial charge on any atom is -0.309 e. The maximum atomic E-state index is 3.42. The van der Waals surface area contributed by atoms with Crippen molar-refractivity contribution in [3.8, 4) is 0 Å². The van der Waals surface area contributed by atoms with Crippen molar-refractivity contribution in [2.75, 3.05) is 7.05 Å². The summed E-state index contributed by atoms with van der Waals surface area (Å²) < 4.78 is 0. The normalized spacial score (nSPS) is 26.7. The fourth-order valence-corrected chi connectivity index (χ4v) is 3.67. The highest BCUT2D eigenvalue weighted by Crippen LogP contribution is 2.27. The van der Waals surface area contributed by atoms with Crippen molar-refractivity contribution in [3.05, 3.63) is 34.9 Å². The highest BCUT2D eigenvalue weighted by molar-refractivity contribution is 5.34. The van der Waals surface area contributed by atoms with Crippen LogP contribution in [0.15, 0.2) is 18.2 Å². The summed E-state index contributed by atoms with van der Waals surface area (Å²) in [6.07, 6.45) is 5.59. The smallest absolute Gasteiger partial charge is 0.0233 e. The number of benzene rings is 1. The van der Waals surface area contributed by atoms with Crippen LogP contribution < -0.4 is 5.32 Å². The average Bonchev–Trinajstić information content (AvgIpc) is 2.86. The number of nitrogens with zero attached hydrogens (tertiary/aromatic N) is 1. The van der Waals surface area contributed by atoms with Crippen molar-refractivity contribution < 1.29 is 0 Å². The zero-order valence-electron chi connectivity index (χ0n) is 12.3. The van der Waals surface area contributed by atoms with Crippen LogP contribution in [0.25, 0.3) is 0 Å². The van der Waals surface area contributed by atoms with Gasteiger partial charge in [-0.15, -0.1) is 0 Å². The molecule has 3 rings (SSSR count). The van der Waals surface area contributed by atoms with Crippen LogP contribution in [0.5, 0.6) is 0 Å². The molecule has 2 heteroatoms. The Hall–Kier alpha value is -0.860. The average molecular weight is 258 g/mol. The third-order valence-electron chi connectivity index (χ3n) is 4.87. The highest BCUT2D eigenvalue weighted by atomic mass is 15.1. The van der Waals surface area contributed by atoms with Crippen LogP contribution in [0.2, 0.25) is 0 Å². The molecule has 1 aromatic carbocycles. The summed E-state index contributed by atoms with van der Waals surface area (Å²) in [4.78, 5) is 2.57. The Morgan fingerprint density at radius 1 is 1.21 bits per heavy atom. The molecule has 2 unspecified atom stereocenters. The molecule has 1 heterocycles. The summed E-state index contributed by atoms with van der Waals surface area (Å²) in [7, 11) is 2.30. The largest absolute Gasteiger partial charge is 0.309 e. The molecule has 1 aliphatic heterocycles. The van der Waals surface area contributed by atoms with Crippen LogP contribution >= 0.6 is 0 Å². The molecule has 0 spiro atoms. The van der Waals surface area contributed by atoms with E-state index in [1.165, 1.54) is 42.4 Å². The van der Waals surface area contributed by atoms with Crippen LogP contribution in [0.1, 0.15) is 49.3 Å². The van der Waals surface area contributed by atoms with Crippen LogP contribution in [0.3, 0.4) is 0 Å². The van der Waals surface area contributed by atoms with Crippen molar-refractivity contribution in [2.24, 2.45) is 5.92 Å². The lowest BCUT2D eigenvalue weighted by molar-refractivity contribution is 0.157. The molecule has 19 heavy (non-hydrogen) atoms. The van der Waals surface area contributed by atoms with Gasteiger partial charge in [0.15, 0.2) is 0 Å². The fourth-order valence-electron chi connectivity index (χ4n) is 3.67. The van der Waals surface area contributed by atoms with Gasteiger partial charge < -0.3 is 5.32 Å². The first-order chi connectivity index (χ1) is 9.22. The molecule has 2 nitrogen and oxygen atoms in total. The van der Waals surface area contributed by atoms with E-state index in [0.29, 0.717) is 0 Å². The van der Waals surface area contributed by atoms with E-state index < -0.39 is 0 Å². The lowest BCUT2D eigenvalue weighted by Crippen LogP contribution is -2.35. The van der Waals surface area contributed by atoms with E-state index in [4.69, 9.17) is 0 Å². The standard InChI is InChI=1S/C17H26N2/c1-13-4-3-5-17(8-13)19(2)12-14-6-7-15-10-18-11-16(15)9-14/h6-7,9,13,17-18H,3-5,8,10-12H2,1-2H3. The first kappa shape index (κ1) is 13.1. The molecule has 104 valence electrons. The Balaban J connectivity index is 1.64. The number of rotatable bonds is 3. The molecule has 1 fully saturated rings. The van der Waals surface area contributed by atoms with Gasteiger partial charge >= 0.3 is 0 Å². The molecule has 0 bridgehead atoms. The molecular formula is C17H26N2. The van der Waals surface area contributed by atoms with Gasteiger partial charge in [-0.2, -0.15) is 0 Å². The summed E-state index contributed by atoms with van der Waals surface area (Å²) in [5, 5.41) is 3.42. The number of nitrogens with one attached hydrogen (secondary N) is 1. The highest BCUT2D eigenvalue weighted by Gasteiger charge is 2.22. The van der Waals surface area contributed by atoms with Gasteiger partial charge in [-0.3, -0.25) is 4.90 Å². The van der Waals surface area contributed by atoms with Gasteiger partial charge in [0.05, 0.1) is 0 Å². The van der Waals surface area contributed by atoms with Gasteiger partial charge in [0, 0.05) is 25.7 Å². The van der Waals surface area contributed by atoms with E-state index in [1.807, 2.05) is 0 Å². The van der Waals surface area contributed by atoms with Crippen LogP contribution in [0.4, 0.5) is 0 Å². The maximum absolute atomic E-state index is 3.42. The van der Waals surface area contributed by atoms with Gasteiger partial charge in [-0.25, -0.2) is 0 Å². The zero-order chi connectivity index (χ0) is 13.2. The Morgan fingerprint density at radius 2 is 2.05 bits per heavy atom. The van der Waals surface area contributed by atoms with Gasteiger partial charge in [0.1, 0.15) is 0 Å². The lowest BCUT2D eigenvalue weighted by Gasteiger charge is -2.34. The SMILES string of the molecule is CC1CCCC(N(C)Cc2ccc3c(c2)CNC3)C1. The molecule has 1 aromatic rings. The molecule has 2 aliphatic rings. The second-order valence-electron chi connectivity index (χ2n) is 6.55. The third kappa shape index (κ3) is 3.01. The number of hydrogen-bond donors (Lipinski definition) is 1. The van der Waals surface area contributed by atoms with E-state index in [9.17, 15) is 0 Å². The molecule has 1 aliphatic carbocycles. The Bertz CT molecular complexity index is 441. The fraction of sp³-hybridized carbons (Fsp3) is 0.647. The van der Waals surface area contributed by atoms with E-state index >= 15 is 0 Å². The van der Waals surface area contributed by atoms with Gasteiger partial charge in [0.2, 0.25) is 0 Å². The van der Waals surface area contributed by atoms with Crippen molar-refractivity contribution in [2.45, 2.75) is 58.3 Å². The van der Waals surface area contributed by atoms with Crippen molar-refractivity contribution in [3.63, 3.8) is 0 Å². The van der Waals surface area contributed by atoms with Gasteiger partial charge in [0.25, 0.3) is 0 Å². The predicted octanol–water partition coefficient (Wildman–Crippen LogP) is 3.30. The van der Waals surface area contributed by atoms with E-state index in [0.717, 1.165) is 31.6 Å². The van der Waals surface area contributed by atoms with E-state index in [2.05, 4.69) is 42.4 Å². The quantitative estimate of drug-likeness (QED) is 0.895. The molecule has 2 atom stereocenters. The van der Waals surface area contributed by atoms with Crippen LogP contribution in [-0.2, 0) is 19.6 Å². The monoisotopic (exact) mass is 258 g/mol. The summed E-state index contributed by atoms with van der Waals surface area (Å²) in [6.45, 7) is 5.60. The molecule has 0 radical (unpaired) electrons. The summed E-state index contributed by atoms with van der Waals surface area (Å²) in [5.74, 6) is 0.908. The predicted molar refractivity (Wildman–Crippen MR) is 79.9 cm³/mol. The minimum atomic E-state index is 0.787. The first-order valence-electron chi connectivity index (χ1n) is 7.74.